The number of hydrogen-bond donors (Lipinski definition) is 1. The molecule has 0 spiro atoms. The molecule has 1 N–H and O–H groups in total. The minimum atomic E-state index is -0.263. The summed E-state index contributed by atoms with van der Waals surface area (Å²) in [6.45, 7) is 8.91. The summed E-state index contributed by atoms with van der Waals surface area (Å²) < 4.78 is 12.6. The molecule has 1 amide bonds. The summed E-state index contributed by atoms with van der Waals surface area (Å²) in [5.41, 5.74) is 2.58. The van der Waals surface area contributed by atoms with Crippen LogP contribution in [0.1, 0.15) is 43.9 Å². The van der Waals surface area contributed by atoms with Crippen LogP contribution < -0.4 is 5.56 Å². The van der Waals surface area contributed by atoms with E-state index in [0.29, 0.717) is 13.1 Å². The molecule has 158 valence electrons. The molecule has 0 saturated carbocycles. The highest BCUT2D eigenvalue weighted by Gasteiger charge is 2.27. The number of nitrogens with zero attached hydrogens (tertiary/aromatic N) is 4. The van der Waals surface area contributed by atoms with Gasteiger partial charge in [-0.2, -0.15) is 5.10 Å². The van der Waals surface area contributed by atoms with Crippen LogP contribution in [0, 0.1) is 0 Å². The quantitative estimate of drug-likeness (QED) is 0.833. The summed E-state index contributed by atoms with van der Waals surface area (Å²) in [6.07, 6.45) is 3.02. The number of aromatic amines is 1. The zero-order valence-corrected chi connectivity index (χ0v) is 17.1. The minimum Gasteiger partial charge on any atom is -0.447 e. The average Bonchev–Trinajstić information content (AvgIpc) is 3.10. The van der Waals surface area contributed by atoms with Crippen LogP contribution in [0.4, 0.5) is 4.79 Å². The molecular weight excluding hydrogens is 374 g/mol. The van der Waals surface area contributed by atoms with Crippen LogP contribution >= 0.6 is 0 Å². The number of carbonyl (C=O) groups is 1. The van der Waals surface area contributed by atoms with Crippen molar-refractivity contribution in [3.05, 3.63) is 33.9 Å². The Morgan fingerprint density at radius 2 is 2.00 bits per heavy atom. The van der Waals surface area contributed by atoms with Crippen LogP contribution in [-0.2, 0) is 16.0 Å². The van der Waals surface area contributed by atoms with Gasteiger partial charge in [0.25, 0.3) is 5.56 Å². The fraction of sp³-hybridized carbons (Fsp3) is 0.650. The van der Waals surface area contributed by atoms with E-state index < -0.39 is 0 Å². The second kappa shape index (κ2) is 8.54. The molecule has 2 fully saturated rings. The lowest BCUT2D eigenvalue weighted by Gasteiger charge is -2.32. The number of morpholine rings is 1. The van der Waals surface area contributed by atoms with Gasteiger partial charge in [0.05, 0.1) is 31.2 Å². The van der Waals surface area contributed by atoms with Crippen LogP contribution in [-0.4, -0.2) is 76.0 Å². The minimum absolute atomic E-state index is 0.113. The van der Waals surface area contributed by atoms with Crippen molar-refractivity contribution in [2.75, 3.05) is 39.4 Å². The molecular formula is C20H29N5O4. The number of aromatic nitrogens is 3. The monoisotopic (exact) mass is 403 g/mol. The van der Waals surface area contributed by atoms with Crippen LogP contribution in [0.3, 0.4) is 0 Å². The summed E-state index contributed by atoms with van der Waals surface area (Å²) in [6, 6.07) is 1.64. The molecule has 9 heteroatoms. The SMILES string of the molecule is CC(C)OC(=O)N1CCC(c2cc(=O)[nH]c3c(CN4CCOCC4)cnn23)CC1. The Bertz CT molecular complexity index is 907. The van der Waals surface area contributed by atoms with Gasteiger partial charge in [-0.15, -0.1) is 0 Å². The van der Waals surface area contributed by atoms with E-state index in [2.05, 4.69) is 15.0 Å². The van der Waals surface area contributed by atoms with E-state index in [0.717, 1.165) is 62.6 Å². The topological polar surface area (TPSA) is 92.2 Å². The second-order valence-electron chi connectivity index (χ2n) is 8.07. The fourth-order valence-electron chi connectivity index (χ4n) is 4.10. The number of fused-ring (bicyclic) bond motifs is 1. The Morgan fingerprint density at radius 1 is 1.28 bits per heavy atom. The number of H-pyrrole nitrogens is 1. The van der Waals surface area contributed by atoms with Crippen molar-refractivity contribution in [1.29, 1.82) is 0 Å². The number of hydrogen-bond acceptors (Lipinski definition) is 6. The zero-order valence-electron chi connectivity index (χ0n) is 17.1. The molecule has 0 unspecified atom stereocenters. The van der Waals surface area contributed by atoms with E-state index in [1.54, 1.807) is 11.0 Å². The van der Waals surface area contributed by atoms with Crippen molar-refractivity contribution in [3.63, 3.8) is 0 Å². The van der Waals surface area contributed by atoms with E-state index in [9.17, 15) is 9.59 Å². The van der Waals surface area contributed by atoms with Crippen LogP contribution in [0.5, 0.6) is 0 Å². The Hall–Kier alpha value is -2.39. The number of nitrogens with one attached hydrogen (secondary N) is 1. The van der Waals surface area contributed by atoms with Crippen LogP contribution in [0.2, 0.25) is 0 Å². The summed E-state index contributed by atoms with van der Waals surface area (Å²) in [5, 5.41) is 4.58. The van der Waals surface area contributed by atoms with Gasteiger partial charge < -0.3 is 19.4 Å². The van der Waals surface area contributed by atoms with E-state index in [1.807, 2.05) is 24.6 Å². The highest BCUT2D eigenvalue weighted by Crippen LogP contribution is 2.28. The summed E-state index contributed by atoms with van der Waals surface area (Å²) in [5.74, 6) is 0.180. The van der Waals surface area contributed by atoms with Gasteiger partial charge in [-0.25, -0.2) is 9.31 Å². The Labute approximate surface area is 169 Å². The highest BCUT2D eigenvalue weighted by molar-refractivity contribution is 5.67. The van der Waals surface area contributed by atoms with Gasteiger partial charge in [0, 0.05) is 50.3 Å². The highest BCUT2D eigenvalue weighted by atomic mass is 16.6. The van der Waals surface area contributed by atoms with Crippen molar-refractivity contribution >= 4 is 11.7 Å². The smallest absolute Gasteiger partial charge is 0.410 e. The van der Waals surface area contributed by atoms with Gasteiger partial charge in [0.1, 0.15) is 5.65 Å². The van der Waals surface area contributed by atoms with Crippen LogP contribution in [0.25, 0.3) is 5.65 Å². The van der Waals surface area contributed by atoms with E-state index in [4.69, 9.17) is 9.47 Å². The predicted molar refractivity (Wildman–Crippen MR) is 107 cm³/mol. The molecule has 0 bridgehead atoms. The number of amides is 1. The molecule has 2 aliphatic heterocycles. The van der Waals surface area contributed by atoms with Gasteiger partial charge in [-0.05, 0) is 26.7 Å². The molecule has 2 aromatic rings. The molecule has 2 aliphatic rings. The summed E-state index contributed by atoms with van der Waals surface area (Å²) in [7, 11) is 0. The molecule has 0 atom stereocenters. The molecule has 0 radical (unpaired) electrons. The van der Waals surface area contributed by atoms with Crippen molar-refractivity contribution < 1.29 is 14.3 Å². The first-order valence-corrected chi connectivity index (χ1v) is 10.4. The van der Waals surface area contributed by atoms with Crippen LogP contribution in [0.15, 0.2) is 17.1 Å². The van der Waals surface area contributed by atoms with Crippen molar-refractivity contribution in [2.24, 2.45) is 0 Å². The number of likely N-dealkylation sites (tertiary alicyclic amines) is 1. The fourth-order valence-corrected chi connectivity index (χ4v) is 4.10. The maximum atomic E-state index is 12.4. The summed E-state index contributed by atoms with van der Waals surface area (Å²) >= 11 is 0. The van der Waals surface area contributed by atoms with Gasteiger partial charge >= 0.3 is 6.09 Å². The number of rotatable bonds is 4. The van der Waals surface area contributed by atoms with E-state index in [-0.39, 0.29) is 23.7 Å². The van der Waals surface area contributed by atoms with Gasteiger partial charge in [-0.3, -0.25) is 9.69 Å². The zero-order chi connectivity index (χ0) is 20.4. The van der Waals surface area contributed by atoms with Crippen molar-refractivity contribution in [3.8, 4) is 0 Å². The molecule has 9 nitrogen and oxygen atoms in total. The number of carbonyl (C=O) groups excluding carboxylic acids is 1. The number of ether oxygens (including phenoxy) is 2. The second-order valence-corrected chi connectivity index (χ2v) is 8.07. The average molecular weight is 403 g/mol. The Balaban J connectivity index is 1.51. The third-order valence-electron chi connectivity index (χ3n) is 5.62. The molecule has 29 heavy (non-hydrogen) atoms. The number of piperidine rings is 1. The predicted octanol–water partition coefficient (Wildman–Crippen LogP) is 1.58. The lowest BCUT2D eigenvalue weighted by molar-refractivity contribution is 0.0343. The third kappa shape index (κ3) is 4.45. The molecule has 4 rings (SSSR count). The van der Waals surface area contributed by atoms with Gasteiger partial charge in [0.15, 0.2) is 0 Å². The Morgan fingerprint density at radius 3 is 2.69 bits per heavy atom. The first-order chi connectivity index (χ1) is 14.0. The molecule has 0 aliphatic carbocycles. The standard InChI is InChI=1S/C20H29N5O4/c1-14(2)29-20(27)24-5-3-15(4-6-24)17-11-18(26)22-19-16(12-21-25(17)19)13-23-7-9-28-10-8-23/h11-12,14-15H,3-10,13H2,1-2H3,(H,22,26). The summed E-state index contributed by atoms with van der Waals surface area (Å²) in [4.78, 5) is 31.5. The molecule has 2 saturated heterocycles. The third-order valence-corrected chi connectivity index (χ3v) is 5.62. The molecule has 2 aromatic heterocycles. The first kappa shape index (κ1) is 19.9. The van der Waals surface area contributed by atoms with Gasteiger partial charge in [0.2, 0.25) is 0 Å². The van der Waals surface area contributed by atoms with E-state index >= 15 is 0 Å². The normalized spacial score (nSPS) is 19.2. The lowest BCUT2D eigenvalue weighted by Crippen LogP contribution is -2.39. The largest absolute Gasteiger partial charge is 0.447 e. The van der Waals surface area contributed by atoms with Crippen molar-refractivity contribution in [1.82, 2.24) is 24.4 Å². The Kier molecular flexibility index (Phi) is 5.86. The van der Waals surface area contributed by atoms with Crippen molar-refractivity contribution in [2.45, 2.75) is 45.3 Å². The maximum absolute atomic E-state index is 12.4. The molecule has 4 heterocycles. The van der Waals surface area contributed by atoms with Gasteiger partial charge in [-0.1, -0.05) is 0 Å². The lowest BCUT2D eigenvalue weighted by atomic mass is 9.93. The molecule has 0 aromatic carbocycles. The first-order valence-electron chi connectivity index (χ1n) is 10.4. The van der Waals surface area contributed by atoms with E-state index in [1.165, 1.54) is 0 Å². The maximum Gasteiger partial charge on any atom is 0.410 e.